The van der Waals surface area contributed by atoms with Crippen molar-refractivity contribution in [3.63, 3.8) is 0 Å². The van der Waals surface area contributed by atoms with E-state index < -0.39 is 0 Å². The third-order valence-electron chi connectivity index (χ3n) is 2.23. The van der Waals surface area contributed by atoms with E-state index in [1.807, 2.05) is 0 Å². The number of ketones is 1. The minimum absolute atomic E-state index is 0.136. The van der Waals surface area contributed by atoms with Crippen molar-refractivity contribution in [2.75, 3.05) is 0 Å². The largest absolute Gasteiger partial charge is 0.290 e. The summed E-state index contributed by atoms with van der Waals surface area (Å²) < 4.78 is 0. The lowest BCUT2D eigenvalue weighted by Gasteiger charge is -2.26. The van der Waals surface area contributed by atoms with Gasteiger partial charge in [-0.2, -0.15) is 0 Å². The Labute approximate surface area is 86.4 Å². The summed E-state index contributed by atoms with van der Waals surface area (Å²) in [7, 11) is 0. The molecule has 2 heterocycles. The molecule has 77 valence electrons. The normalized spacial score (nSPS) is 21.5. The molecule has 0 aromatic heterocycles. The minimum atomic E-state index is -0.288. The molecule has 0 spiro atoms. The van der Waals surface area contributed by atoms with E-state index in [2.05, 4.69) is 5.32 Å². The van der Waals surface area contributed by atoms with Gasteiger partial charge < -0.3 is 0 Å². The molecular weight excluding hydrogens is 196 g/mol. The molecule has 0 bridgehead atoms. The first-order valence-corrected chi connectivity index (χ1v) is 4.67. The van der Waals surface area contributed by atoms with Crippen molar-refractivity contribution in [2.24, 2.45) is 0 Å². The Kier molecular flexibility index (Phi) is 2.37. The third kappa shape index (κ3) is 1.81. The molecule has 5 heteroatoms. The second-order valence-corrected chi connectivity index (χ2v) is 3.33. The molecule has 0 aliphatic carbocycles. The highest BCUT2D eigenvalue weighted by Gasteiger charge is 2.30. The zero-order valence-electron chi connectivity index (χ0n) is 7.97. The summed E-state index contributed by atoms with van der Waals surface area (Å²) in [6.07, 6.45) is 5.01. The van der Waals surface area contributed by atoms with Crippen molar-refractivity contribution >= 4 is 17.6 Å². The number of nitrogens with zero attached hydrogens (tertiary/aromatic N) is 2. The SMILES string of the molecule is O=C1C=C[N]C(N2C(=O)CCCC2=O)=C1. The highest BCUT2D eigenvalue weighted by atomic mass is 16.2. The number of piperidine rings is 1. The van der Waals surface area contributed by atoms with Crippen LogP contribution < -0.4 is 5.32 Å². The first kappa shape index (κ1) is 9.64. The summed E-state index contributed by atoms with van der Waals surface area (Å²) >= 11 is 0. The number of allylic oxidation sites excluding steroid dienone is 2. The lowest BCUT2D eigenvalue weighted by atomic mass is 10.1. The molecule has 0 aromatic rings. The number of imide groups is 1. The summed E-state index contributed by atoms with van der Waals surface area (Å²) in [6, 6.07) is 0. The zero-order chi connectivity index (χ0) is 10.8. The van der Waals surface area contributed by atoms with E-state index in [9.17, 15) is 14.4 Å². The van der Waals surface area contributed by atoms with E-state index in [0.29, 0.717) is 19.3 Å². The van der Waals surface area contributed by atoms with Crippen LogP contribution in [0.2, 0.25) is 0 Å². The quantitative estimate of drug-likeness (QED) is 0.569. The van der Waals surface area contributed by atoms with Gasteiger partial charge in [-0.25, -0.2) is 10.2 Å². The van der Waals surface area contributed by atoms with E-state index in [4.69, 9.17) is 0 Å². The molecule has 0 saturated carbocycles. The summed E-state index contributed by atoms with van der Waals surface area (Å²) in [5, 5.41) is 3.85. The molecule has 1 radical (unpaired) electrons. The van der Waals surface area contributed by atoms with E-state index >= 15 is 0 Å². The second kappa shape index (κ2) is 3.68. The topological polar surface area (TPSA) is 68.6 Å². The number of hydrogen-bond donors (Lipinski definition) is 0. The van der Waals surface area contributed by atoms with E-state index in [1.54, 1.807) is 0 Å². The number of rotatable bonds is 1. The highest BCUT2D eigenvalue weighted by molar-refractivity contribution is 6.04. The van der Waals surface area contributed by atoms with Gasteiger partial charge in [0.05, 0.1) is 0 Å². The van der Waals surface area contributed by atoms with Crippen LogP contribution in [0.25, 0.3) is 0 Å². The van der Waals surface area contributed by atoms with Crippen LogP contribution in [0, 0.1) is 0 Å². The molecule has 0 N–H and O–H groups in total. The Morgan fingerprint density at radius 2 is 1.80 bits per heavy atom. The summed E-state index contributed by atoms with van der Waals surface area (Å²) in [6.45, 7) is 0. The number of amides is 2. The third-order valence-corrected chi connectivity index (χ3v) is 2.23. The molecule has 5 nitrogen and oxygen atoms in total. The second-order valence-electron chi connectivity index (χ2n) is 3.33. The number of likely N-dealkylation sites (tertiary alicyclic amines) is 1. The molecule has 2 amide bonds. The van der Waals surface area contributed by atoms with Gasteiger partial charge in [0.25, 0.3) is 0 Å². The first-order chi connectivity index (χ1) is 7.18. The molecule has 1 saturated heterocycles. The molecular formula is C10H9N2O3. The van der Waals surface area contributed by atoms with Gasteiger partial charge in [0.15, 0.2) is 5.78 Å². The van der Waals surface area contributed by atoms with Crippen LogP contribution >= 0.6 is 0 Å². The Morgan fingerprint density at radius 3 is 2.40 bits per heavy atom. The van der Waals surface area contributed by atoms with Gasteiger partial charge in [-0.05, 0) is 6.42 Å². The fourth-order valence-electron chi connectivity index (χ4n) is 1.53. The molecule has 2 rings (SSSR count). The maximum atomic E-state index is 11.5. The Balaban J connectivity index is 2.25. The molecule has 0 unspecified atom stereocenters. The van der Waals surface area contributed by atoms with Crippen LogP contribution in [0.3, 0.4) is 0 Å². The standard InChI is InChI=1S/C10H9N2O3/c13-7-4-5-11-8(6-7)12-9(14)2-1-3-10(12)15/h4-6H,1-3H2. The lowest BCUT2D eigenvalue weighted by Crippen LogP contribution is -2.42. The fraction of sp³-hybridized carbons (Fsp3) is 0.300. The zero-order valence-corrected chi connectivity index (χ0v) is 7.97. The maximum absolute atomic E-state index is 11.5. The number of carbonyl (C=O) groups excluding carboxylic acids is 3. The van der Waals surface area contributed by atoms with Gasteiger partial charge in [-0.15, -0.1) is 0 Å². The van der Waals surface area contributed by atoms with Crippen molar-refractivity contribution in [3.05, 3.63) is 24.2 Å². The van der Waals surface area contributed by atoms with E-state index in [0.717, 1.165) is 4.90 Å². The summed E-state index contributed by atoms with van der Waals surface area (Å²) in [5.41, 5.74) is 0. The van der Waals surface area contributed by atoms with Gasteiger partial charge in [0.1, 0.15) is 5.82 Å². The average Bonchev–Trinajstić information content (AvgIpc) is 2.17. The summed E-state index contributed by atoms with van der Waals surface area (Å²) in [5.74, 6) is -0.697. The number of carbonyl (C=O) groups is 3. The Morgan fingerprint density at radius 1 is 1.13 bits per heavy atom. The molecule has 2 aliphatic rings. The van der Waals surface area contributed by atoms with Gasteiger partial charge in [-0.1, -0.05) is 0 Å². The molecule has 15 heavy (non-hydrogen) atoms. The predicted molar refractivity (Wildman–Crippen MR) is 50.1 cm³/mol. The van der Waals surface area contributed by atoms with E-state index in [-0.39, 0.29) is 23.4 Å². The van der Waals surface area contributed by atoms with Crippen LogP contribution in [0.4, 0.5) is 0 Å². The Hall–Kier alpha value is -1.91. The van der Waals surface area contributed by atoms with Crippen LogP contribution in [0.5, 0.6) is 0 Å². The monoisotopic (exact) mass is 205 g/mol. The Bertz CT molecular complexity index is 379. The highest BCUT2D eigenvalue weighted by Crippen LogP contribution is 2.18. The van der Waals surface area contributed by atoms with Crippen LogP contribution in [0.1, 0.15) is 19.3 Å². The maximum Gasteiger partial charge on any atom is 0.234 e. The van der Waals surface area contributed by atoms with Crippen molar-refractivity contribution in [1.29, 1.82) is 0 Å². The van der Waals surface area contributed by atoms with Crippen molar-refractivity contribution < 1.29 is 14.4 Å². The van der Waals surface area contributed by atoms with Gasteiger partial charge in [0, 0.05) is 31.2 Å². The average molecular weight is 205 g/mol. The van der Waals surface area contributed by atoms with Crippen molar-refractivity contribution in [3.8, 4) is 0 Å². The fourth-order valence-corrected chi connectivity index (χ4v) is 1.53. The predicted octanol–water partition coefficient (Wildman–Crippen LogP) is 0.0677. The lowest BCUT2D eigenvalue weighted by molar-refractivity contribution is -0.145. The minimum Gasteiger partial charge on any atom is -0.290 e. The molecule has 0 aromatic carbocycles. The molecule has 0 atom stereocenters. The number of hydrogen-bond acceptors (Lipinski definition) is 3. The van der Waals surface area contributed by atoms with Crippen molar-refractivity contribution in [2.45, 2.75) is 19.3 Å². The smallest absolute Gasteiger partial charge is 0.234 e. The van der Waals surface area contributed by atoms with Crippen LogP contribution in [-0.2, 0) is 14.4 Å². The van der Waals surface area contributed by atoms with Crippen LogP contribution in [-0.4, -0.2) is 22.5 Å². The van der Waals surface area contributed by atoms with Gasteiger partial charge in [0.2, 0.25) is 11.8 Å². The van der Waals surface area contributed by atoms with Crippen molar-refractivity contribution in [1.82, 2.24) is 10.2 Å². The van der Waals surface area contributed by atoms with Gasteiger partial charge in [-0.3, -0.25) is 14.4 Å². The first-order valence-electron chi connectivity index (χ1n) is 4.67. The molecule has 2 aliphatic heterocycles. The van der Waals surface area contributed by atoms with Crippen LogP contribution in [0.15, 0.2) is 24.2 Å². The summed E-state index contributed by atoms with van der Waals surface area (Å²) in [4.78, 5) is 35.0. The molecule has 1 fully saturated rings. The van der Waals surface area contributed by atoms with Gasteiger partial charge >= 0.3 is 0 Å². The van der Waals surface area contributed by atoms with E-state index in [1.165, 1.54) is 18.4 Å².